The maximum atomic E-state index is 10.6. The number of rotatable bonds is 3. The molecule has 0 aromatic carbocycles. The van der Waals surface area contributed by atoms with E-state index in [0.29, 0.717) is 0 Å². The highest BCUT2D eigenvalue weighted by molar-refractivity contribution is 5.73. The largest absolute Gasteiger partial charge is 0.490 e. The van der Waals surface area contributed by atoms with Crippen LogP contribution in [0.1, 0.15) is 12.0 Å². The molecule has 0 radical (unpaired) electrons. The second kappa shape index (κ2) is 16.8. The minimum absolute atomic E-state index is 0.205. The third kappa shape index (κ3) is 14.9. The van der Waals surface area contributed by atoms with Crippen molar-refractivity contribution in [3.05, 3.63) is 54.5 Å². The normalized spacial score (nSPS) is 18.6. The second-order valence-electron chi connectivity index (χ2n) is 9.39. The van der Waals surface area contributed by atoms with Crippen LogP contribution in [-0.2, 0) is 25.7 Å². The Morgan fingerprint density at radius 3 is 1.80 bits per heavy atom. The van der Waals surface area contributed by atoms with E-state index in [1.165, 1.54) is 5.56 Å². The Morgan fingerprint density at radius 1 is 0.800 bits per heavy atom. The Kier molecular flexibility index (Phi) is 14.5. The summed E-state index contributed by atoms with van der Waals surface area (Å²) in [6.07, 6.45) is -8.42. The predicted molar refractivity (Wildman–Crippen MR) is 135 cm³/mol. The summed E-state index contributed by atoms with van der Waals surface area (Å²) in [7, 11) is 0. The van der Waals surface area contributed by atoms with Gasteiger partial charge < -0.3 is 25.0 Å². The smallest absolute Gasteiger partial charge is 0.475 e. The number of carboxylic acid groups (broad SMARTS) is 3. The highest BCUT2D eigenvalue weighted by atomic mass is 19.4. The van der Waals surface area contributed by atoms with Crippen molar-refractivity contribution in [1.82, 2.24) is 14.9 Å². The Labute approximate surface area is 248 Å². The minimum Gasteiger partial charge on any atom is -0.475 e. The molecule has 2 aliphatic heterocycles. The van der Waals surface area contributed by atoms with Crippen LogP contribution >= 0.6 is 0 Å². The van der Waals surface area contributed by atoms with Crippen LogP contribution in [-0.4, -0.2) is 106 Å². The summed E-state index contributed by atoms with van der Waals surface area (Å²) < 4.78 is 101. The molecule has 2 fully saturated rings. The van der Waals surface area contributed by atoms with Gasteiger partial charge in [-0.1, -0.05) is 12.1 Å². The van der Waals surface area contributed by atoms with Crippen molar-refractivity contribution >= 4 is 23.7 Å². The molecule has 3 N–H and O–H groups in total. The van der Waals surface area contributed by atoms with Gasteiger partial charge in [0.2, 0.25) is 0 Å². The molecule has 2 aromatic rings. The molecule has 20 heteroatoms. The van der Waals surface area contributed by atoms with Crippen LogP contribution < -0.4 is 4.90 Å². The fraction of sp³-hybridized carbons (Fsp3) is 0.480. The zero-order valence-electron chi connectivity index (χ0n) is 22.9. The van der Waals surface area contributed by atoms with Crippen molar-refractivity contribution in [1.29, 1.82) is 0 Å². The van der Waals surface area contributed by atoms with Gasteiger partial charge in [-0.2, -0.15) is 39.5 Å². The Hall–Kier alpha value is -4.20. The number of ether oxygens (including phenoxy) is 1. The molecule has 11 nitrogen and oxygen atoms in total. The van der Waals surface area contributed by atoms with Crippen LogP contribution in [0.4, 0.5) is 45.3 Å². The second-order valence-corrected chi connectivity index (χ2v) is 9.39. The van der Waals surface area contributed by atoms with E-state index >= 15 is 0 Å². The molecule has 4 heterocycles. The van der Waals surface area contributed by atoms with Gasteiger partial charge in [0.25, 0.3) is 0 Å². The summed E-state index contributed by atoms with van der Waals surface area (Å²) in [5.41, 5.74) is 1.48. The molecule has 45 heavy (non-hydrogen) atoms. The zero-order chi connectivity index (χ0) is 34.5. The highest BCUT2D eigenvalue weighted by Crippen LogP contribution is 2.35. The third-order valence-corrected chi connectivity index (χ3v) is 5.79. The number of pyridine rings is 2. The Bertz CT molecular complexity index is 1160. The van der Waals surface area contributed by atoms with Crippen molar-refractivity contribution in [3.63, 3.8) is 0 Å². The average molecular weight is 666 g/mol. The van der Waals surface area contributed by atoms with E-state index in [-0.39, 0.29) is 5.41 Å². The van der Waals surface area contributed by atoms with Crippen LogP contribution in [0.15, 0.2) is 48.9 Å². The van der Waals surface area contributed by atoms with E-state index in [9.17, 15) is 39.5 Å². The predicted octanol–water partition coefficient (Wildman–Crippen LogP) is 4.11. The van der Waals surface area contributed by atoms with E-state index in [1.807, 2.05) is 30.7 Å². The molecule has 2 saturated heterocycles. The first-order valence-electron chi connectivity index (χ1n) is 12.4. The molecular weight excluding hydrogens is 639 g/mol. The number of halogens is 9. The average Bonchev–Trinajstić information content (AvgIpc) is 3.25. The molecule has 4 rings (SSSR count). The van der Waals surface area contributed by atoms with Crippen LogP contribution in [0.25, 0.3) is 0 Å². The lowest BCUT2D eigenvalue weighted by atomic mass is 9.87. The van der Waals surface area contributed by atoms with Gasteiger partial charge in [-0.05, 0) is 30.2 Å². The van der Waals surface area contributed by atoms with Gasteiger partial charge in [-0.15, -0.1) is 0 Å². The maximum Gasteiger partial charge on any atom is 0.490 e. The van der Waals surface area contributed by atoms with E-state index in [2.05, 4.69) is 38.0 Å². The lowest BCUT2D eigenvalue weighted by molar-refractivity contribution is -0.193. The number of aromatic nitrogens is 2. The fourth-order valence-electron chi connectivity index (χ4n) is 3.88. The first-order valence-corrected chi connectivity index (χ1v) is 12.4. The topological polar surface area (TPSA) is 153 Å². The summed E-state index contributed by atoms with van der Waals surface area (Å²) >= 11 is 0. The van der Waals surface area contributed by atoms with Crippen molar-refractivity contribution in [3.8, 4) is 0 Å². The number of aliphatic carboxylic acids is 3. The molecule has 2 aliphatic rings. The summed E-state index contributed by atoms with van der Waals surface area (Å²) in [5.74, 6) is -7.19. The van der Waals surface area contributed by atoms with Crippen molar-refractivity contribution in [2.24, 2.45) is 5.41 Å². The van der Waals surface area contributed by atoms with Gasteiger partial charge in [0.1, 0.15) is 5.82 Å². The maximum absolute atomic E-state index is 10.6. The monoisotopic (exact) mass is 666 g/mol. The SMILES string of the molecule is O=C(O)C(F)(F)F.O=C(O)C(F)(F)F.O=C(O)C(F)(F)F.c1ccc(N2CCC3(COCCN(Cc4cccnc4)C3)C2)nc1. The van der Waals surface area contributed by atoms with Gasteiger partial charge in [-0.3, -0.25) is 9.88 Å². The van der Waals surface area contributed by atoms with Crippen molar-refractivity contribution in [2.45, 2.75) is 31.5 Å². The molecule has 0 bridgehead atoms. The highest BCUT2D eigenvalue weighted by Gasteiger charge is 2.42. The van der Waals surface area contributed by atoms with Crippen molar-refractivity contribution < 1.29 is 74.0 Å². The van der Waals surface area contributed by atoms with Crippen LogP contribution in [0.3, 0.4) is 0 Å². The van der Waals surface area contributed by atoms with Gasteiger partial charge in [-0.25, -0.2) is 19.4 Å². The lowest BCUT2D eigenvalue weighted by Gasteiger charge is -2.32. The summed E-state index contributed by atoms with van der Waals surface area (Å²) in [4.78, 5) is 40.4. The standard InChI is InChI=1S/C19H24N4O.3C2HF3O2/c1-2-8-21-18(5-1)23-9-6-19(15-23)14-22(10-11-24-16-19)13-17-4-3-7-20-12-17;3*3-2(4,5)1(6)7/h1-5,7-8,12H,6,9-11,13-16H2;3*(H,6,7). The molecule has 0 aliphatic carbocycles. The third-order valence-electron chi connectivity index (χ3n) is 5.79. The summed E-state index contributed by atoms with van der Waals surface area (Å²) in [5, 5.41) is 21.4. The van der Waals surface area contributed by atoms with Crippen LogP contribution in [0, 0.1) is 5.41 Å². The van der Waals surface area contributed by atoms with Crippen LogP contribution in [0.2, 0.25) is 0 Å². The number of hydrogen-bond donors (Lipinski definition) is 3. The number of hydrogen-bond acceptors (Lipinski definition) is 8. The van der Waals surface area contributed by atoms with E-state index in [1.54, 1.807) is 0 Å². The van der Waals surface area contributed by atoms with Gasteiger partial charge in [0.15, 0.2) is 0 Å². The number of nitrogens with zero attached hydrogens (tertiary/aromatic N) is 4. The molecule has 1 unspecified atom stereocenters. The summed E-state index contributed by atoms with van der Waals surface area (Å²) in [6.45, 7) is 6.74. The zero-order valence-corrected chi connectivity index (χ0v) is 22.9. The van der Waals surface area contributed by atoms with Gasteiger partial charge >= 0.3 is 36.4 Å². The van der Waals surface area contributed by atoms with E-state index < -0.39 is 36.4 Å². The molecule has 252 valence electrons. The van der Waals surface area contributed by atoms with Crippen LogP contribution in [0.5, 0.6) is 0 Å². The minimum atomic E-state index is -5.08. The molecule has 0 amide bonds. The quantitative estimate of drug-likeness (QED) is 0.406. The molecular formula is C25H27F9N4O7. The number of carboxylic acids is 3. The molecule has 2 aromatic heterocycles. The lowest BCUT2D eigenvalue weighted by Crippen LogP contribution is -2.40. The summed E-state index contributed by atoms with van der Waals surface area (Å²) in [6, 6.07) is 10.3. The first-order chi connectivity index (χ1) is 20.7. The molecule has 1 spiro atoms. The van der Waals surface area contributed by atoms with Crippen molar-refractivity contribution in [2.75, 3.05) is 44.3 Å². The Balaban J connectivity index is 0.000000396. The number of alkyl halides is 9. The Morgan fingerprint density at radius 2 is 1.36 bits per heavy atom. The molecule has 1 atom stereocenters. The van der Waals surface area contributed by atoms with E-state index in [0.717, 1.165) is 58.2 Å². The van der Waals surface area contributed by atoms with Gasteiger partial charge in [0, 0.05) is 56.7 Å². The number of anilines is 1. The molecule has 0 saturated carbocycles. The number of carbonyl (C=O) groups is 3. The fourth-order valence-corrected chi connectivity index (χ4v) is 3.88. The van der Waals surface area contributed by atoms with Gasteiger partial charge in [0.05, 0.1) is 13.2 Å². The first kappa shape index (κ1) is 38.8. The van der Waals surface area contributed by atoms with E-state index in [4.69, 9.17) is 34.4 Å².